The second kappa shape index (κ2) is 11.5. The minimum Gasteiger partial charge on any atom is -0.497 e. The summed E-state index contributed by atoms with van der Waals surface area (Å²) in [6.07, 6.45) is 0.757. The number of β-amino-alcohol motifs (C(OH)–C–C–N with tert-alkyl or cyclic N) is 1. The molecule has 0 amide bonds. The monoisotopic (exact) mass is 444 g/mol. The largest absolute Gasteiger partial charge is 0.497 e. The van der Waals surface area contributed by atoms with Gasteiger partial charge in [0.15, 0.2) is 11.5 Å². The Bertz CT molecular complexity index is 845. The molecule has 1 fully saturated rings. The van der Waals surface area contributed by atoms with Crippen molar-refractivity contribution >= 4 is 0 Å². The smallest absolute Gasteiger partial charge is 0.161 e. The van der Waals surface area contributed by atoms with Gasteiger partial charge in [-0.3, -0.25) is 9.80 Å². The fraction of sp³-hybridized carbons (Fsp3) is 0.520. The molecule has 1 aliphatic rings. The number of likely N-dealkylation sites (tertiary alicyclic amines) is 1. The van der Waals surface area contributed by atoms with Crippen molar-refractivity contribution in [2.75, 3.05) is 61.2 Å². The van der Waals surface area contributed by atoms with Crippen LogP contribution >= 0.6 is 0 Å². The van der Waals surface area contributed by atoms with Crippen LogP contribution in [0.25, 0.3) is 0 Å². The van der Waals surface area contributed by atoms with Gasteiger partial charge in [0.25, 0.3) is 0 Å². The molecule has 32 heavy (non-hydrogen) atoms. The van der Waals surface area contributed by atoms with Crippen molar-refractivity contribution in [2.45, 2.75) is 25.1 Å². The molecule has 3 rings (SSSR count). The van der Waals surface area contributed by atoms with Crippen molar-refractivity contribution in [1.82, 2.24) is 9.80 Å². The van der Waals surface area contributed by atoms with Gasteiger partial charge >= 0.3 is 0 Å². The summed E-state index contributed by atoms with van der Waals surface area (Å²) >= 11 is 0. The first kappa shape index (κ1) is 24.3. The average molecular weight is 445 g/mol. The molecule has 1 N–H and O–H groups in total. The van der Waals surface area contributed by atoms with Crippen LogP contribution in [0.2, 0.25) is 0 Å². The van der Waals surface area contributed by atoms with Crippen LogP contribution in [0.5, 0.6) is 17.2 Å². The molecular formula is C25H36N2O5. The van der Waals surface area contributed by atoms with Gasteiger partial charge in [0, 0.05) is 39.8 Å². The summed E-state index contributed by atoms with van der Waals surface area (Å²) in [6, 6.07) is 14.1. The second-order valence-corrected chi connectivity index (χ2v) is 8.53. The highest BCUT2D eigenvalue weighted by molar-refractivity contribution is 5.43. The molecule has 0 spiro atoms. The van der Waals surface area contributed by atoms with Crippen molar-refractivity contribution in [3.05, 3.63) is 53.6 Å². The van der Waals surface area contributed by atoms with Crippen LogP contribution in [0, 0.1) is 0 Å². The third-order valence-corrected chi connectivity index (χ3v) is 5.77. The Morgan fingerprint density at radius 1 is 0.969 bits per heavy atom. The van der Waals surface area contributed by atoms with E-state index >= 15 is 0 Å². The molecule has 0 saturated carbocycles. The fourth-order valence-electron chi connectivity index (χ4n) is 4.23. The molecule has 0 aliphatic carbocycles. The summed E-state index contributed by atoms with van der Waals surface area (Å²) in [5.41, 5.74) is 1.62. The van der Waals surface area contributed by atoms with Crippen LogP contribution in [-0.2, 0) is 17.8 Å². The number of benzene rings is 2. The number of nitrogens with zero attached hydrogens (tertiary/aromatic N) is 2. The van der Waals surface area contributed by atoms with Gasteiger partial charge in [-0.25, -0.2) is 0 Å². The topological polar surface area (TPSA) is 63.6 Å². The Balaban J connectivity index is 1.54. The Kier molecular flexibility index (Phi) is 8.75. The van der Waals surface area contributed by atoms with E-state index < -0.39 is 5.60 Å². The van der Waals surface area contributed by atoms with E-state index in [1.54, 1.807) is 21.3 Å². The lowest BCUT2D eigenvalue weighted by molar-refractivity contribution is 0.0162. The van der Waals surface area contributed by atoms with Gasteiger partial charge in [-0.2, -0.15) is 0 Å². The summed E-state index contributed by atoms with van der Waals surface area (Å²) in [6.45, 7) is 4.67. The van der Waals surface area contributed by atoms with Crippen molar-refractivity contribution in [1.29, 1.82) is 0 Å². The Morgan fingerprint density at radius 3 is 2.41 bits per heavy atom. The van der Waals surface area contributed by atoms with Crippen molar-refractivity contribution in [2.24, 2.45) is 0 Å². The highest BCUT2D eigenvalue weighted by atomic mass is 16.5. The zero-order valence-electron chi connectivity index (χ0n) is 19.7. The number of hydrogen-bond acceptors (Lipinski definition) is 7. The van der Waals surface area contributed by atoms with E-state index in [4.69, 9.17) is 18.9 Å². The minimum atomic E-state index is -0.717. The third kappa shape index (κ3) is 6.84. The molecule has 1 atom stereocenters. The molecule has 2 aromatic rings. The fourth-order valence-corrected chi connectivity index (χ4v) is 4.23. The number of hydrogen-bond donors (Lipinski definition) is 1. The number of ether oxygens (including phenoxy) is 4. The summed E-state index contributed by atoms with van der Waals surface area (Å²) in [4.78, 5) is 4.47. The Labute approximate surface area is 191 Å². The van der Waals surface area contributed by atoms with E-state index in [2.05, 4.69) is 35.0 Å². The molecule has 0 unspecified atom stereocenters. The number of rotatable bonds is 12. The van der Waals surface area contributed by atoms with Crippen molar-refractivity contribution in [3.63, 3.8) is 0 Å². The molecular weight excluding hydrogens is 408 g/mol. The normalized spacial score (nSPS) is 18.8. The summed E-state index contributed by atoms with van der Waals surface area (Å²) < 4.78 is 21.5. The minimum absolute atomic E-state index is 0.473. The van der Waals surface area contributed by atoms with Gasteiger partial charge in [0.1, 0.15) is 12.4 Å². The molecule has 176 valence electrons. The lowest BCUT2D eigenvalue weighted by Crippen LogP contribution is -2.43. The maximum absolute atomic E-state index is 11.2. The summed E-state index contributed by atoms with van der Waals surface area (Å²) in [5.74, 6) is 2.28. The number of aliphatic hydroxyl groups is 1. The molecule has 7 nitrogen and oxygen atoms in total. The maximum Gasteiger partial charge on any atom is 0.161 e. The van der Waals surface area contributed by atoms with Gasteiger partial charge in [0.2, 0.25) is 0 Å². The molecule has 1 saturated heterocycles. The van der Waals surface area contributed by atoms with E-state index in [-0.39, 0.29) is 0 Å². The second-order valence-electron chi connectivity index (χ2n) is 8.53. The highest BCUT2D eigenvalue weighted by Gasteiger charge is 2.36. The molecule has 1 heterocycles. The lowest BCUT2D eigenvalue weighted by atomic mass is 10.0. The Hall–Kier alpha value is -2.32. The molecule has 0 bridgehead atoms. The first-order valence-electron chi connectivity index (χ1n) is 11.0. The van der Waals surface area contributed by atoms with Gasteiger partial charge < -0.3 is 24.1 Å². The predicted molar refractivity (Wildman–Crippen MR) is 125 cm³/mol. The zero-order chi connectivity index (χ0) is 23.0. The van der Waals surface area contributed by atoms with E-state index in [0.29, 0.717) is 32.1 Å². The third-order valence-electron chi connectivity index (χ3n) is 5.77. The van der Waals surface area contributed by atoms with Crippen LogP contribution in [-0.4, -0.2) is 81.7 Å². The quantitative estimate of drug-likeness (QED) is 0.505. The summed E-state index contributed by atoms with van der Waals surface area (Å²) in [5, 5.41) is 11.2. The number of likely N-dealkylation sites (N-methyl/N-ethyl adjacent to an activating group) is 1. The zero-order valence-corrected chi connectivity index (χ0v) is 19.7. The maximum atomic E-state index is 11.2. The van der Waals surface area contributed by atoms with Crippen molar-refractivity contribution in [3.8, 4) is 17.2 Å². The Morgan fingerprint density at radius 2 is 1.72 bits per heavy atom. The molecule has 7 heteroatoms. The first-order valence-corrected chi connectivity index (χ1v) is 11.0. The first-order chi connectivity index (χ1) is 15.4. The van der Waals surface area contributed by atoms with Gasteiger partial charge in [0.05, 0.1) is 26.4 Å². The lowest BCUT2D eigenvalue weighted by Gasteiger charge is -2.29. The van der Waals surface area contributed by atoms with E-state index in [9.17, 15) is 5.11 Å². The van der Waals surface area contributed by atoms with Gasteiger partial charge in [-0.1, -0.05) is 18.2 Å². The predicted octanol–water partition coefficient (Wildman–Crippen LogP) is 2.80. The molecule has 1 aliphatic heterocycles. The van der Waals surface area contributed by atoms with Crippen LogP contribution in [0.4, 0.5) is 0 Å². The van der Waals surface area contributed by atoms with Gasteiger partial charge in [-0.15, -0.1) is 0 Å². The van der Waals surface area contributed by atoms with E-state index in [0.717, 1.165) is 43.1 Å². The average Bonchev–Trinajstić information content (AvgIpc) is 3.14. The van der Waals surface area contributed by atoms with Crippen LogP contribution < -0.4 is 14.2 Å². The standard InChI is InChI=1S/C25H36N2O5/c1-26(16-20-5-8-22(30-3)9-6-20)18-25(28)11-12-27(19-25)17-21-7-10-23(31-4)24(15-21)32-14-13-29-2/h5-10,15,28H,11-14,16-19H2,1-4H3/t25-/m0/s1. The number of methoxy groups -OCH3 is 3. The molecule has 2 aromatic carbocycles. The van der Waals surface area contributed by atoms with Gasteiger partial charge in [-0.05, 0) is 48.9 Å². The summed E-state index contributed by atoms with van der Waals surface area (Å²) in [7, 11) is 7.02. The van der Waals surface area contributed by atoms with E-state index in [1.165, 1.54) is 5.56 Å². The molecule has 0 radical (unpaired) electrons. The SMILES string of the molecule is COCCOc1cc(CN2CC[C@](O)(CN(C)Cc3ccc(OC)cc3)C2)ccc1OC. The highest BCUT2D eigenvalue weighted by Crippen LogP contribution is 2.30. The molecule has 0 aromatic heterocycles. The van der Waals surface area contributed by atoms with Crippen LogP contribution in [0.1, 0.15) is 17.5 Å². The van der Waals surface area contributed by atoms with Crippen LogP contribution in [0.3, 0.4) is 0 Å². The van der Waals surface area contributed by atoms with Crippen molar-refractivity contribution < 1.29 is 24.1 Å². The van der Waals surface area contributed by atoms with E-state index in [1.807, 2.05) is 24.3 Å². The van der Waals surface area contributed by atoms with Crippen LogP contribution in [0.15, 0.2) is 42.5 Å².